The van der Waals surface area contributed by atoms with Gasteiger partial charge in [0.05, 0.1) is 16.1 Å². The van der Waals surface area contributed by atoms with Gasteiger partial charge in [-0.05, 0) is 34.5 Å². The zero-order valence-electron chi connectivity index (χ0n) is 13.4. The van der Waals surface area contributed by atoms with Crippen LogP contribution in [0.4, 0.5) is 0 Å². The van der Waals surface area contributed by atoms with Gasteiger partial charge >= 0.3 is 0 Å². The normalized spacial score (nSPS) is 11.6. The third kappa shape index (κ3) is 2.46. The van der Waals surface area contributed by atoms with Crippen molar-refractivity contribution >= 4 is 59.0 Å². The summed E-state index contributed by atoms with van der Waals surface area (Å²) in [4.78, 5) is 6.24. The van der Waals surface area contributed by atoms with E-state index in [0.717, 1.165) is 16.5 Å². The summed E-state index contributed by atoms with van der Waals surface area (Å²) < 4.78 is 1.31. The average Bonchev–Trinajstić information content (AvgIpc) is 3.10. The lowest BCUT2D eigenvalue weighted by molar-refractivity contribution is 1.45. The maximum atomic E-state index is 5.01. The van der Waals surface area contributed by atoms with E-state index in [-0.39, 0.29) is 0 Å². The number of aromatic nitrogens is 1. The first-order valence-corrected chi connectivity index (χ1v) is 10.1. The second kappa shape index (κ2) is 5.94. The third-order valence-electron chi connectivity index (χ3n) is 4.58. The van der Waals surface area contributed by atoms with Gasteiger partial charge in [0.1, 0.15) is 0 Å². The van der Waals surface area contributed by atoms with Gasteiger partial charge in [-0.25, -0.2) is 4.98 Å². The monoisotopic (exact) mass is 403 g/mol. The van der Waals surface area contributed by atoms with Crippen molar-refractivity contribution in [3.05, 3.63) is 78.4 Å². The number of halogens is 1. The fraction of sp³-hybridized carbons (Fsp3) is 0.0455. The summed E-state index contributed by atoms with van der Waals surface area (Å²) >= 11 is 5.37. The summed E-state index contributed by atoms with van der Waals surface area (Å²) in [6.45, 7) is 0. The van der Waals surface area contributed by atoms with Gasteiger partial charge in [0, 0.05) is 20.8 Å². The van der Waals surface area contributed by atoms with Gasteiger partial charge < -0.3 is 0 Å². The standard InChI is InChI=1S/C22H14BrNS/c23-13-14-9-10-15-12-21(25-20(15)11-14)22-18-7-2-1-5-16(18)17-6-3-4-8-19(17)24-22/h1-12H,13H2. The van der Waals surface area contributed by atoms with E-state index < -0.39 is 0 Å². The molecule has 0 fully saturated rings. The van der Waals surface area contributed by atoms with Crippen LogP contribution in [-0.2, 0) is 5.33 Å². The van der Waals surface area contributed by atoms with E-state index >= 15 is 0 Å². The van der Waals surface area contributed by atoms with Crippen molar-refractivity contribution in [2.45, 2.75) is 5.33 Å². The van der Waals surface area contributed by atoms with Gasteiger partial charge in [0.15, 0.2) is 0 Å². The molecule has 0 saturated heterocycles. The lowest BCUT2D eigenvalue weighted by Crippen LogP contribution is -1.87. The molecule has 2 heterocycles. The highest BCUT2D eigenvalue weighted by atomic mass is 79.9. The highest BCUT2D eigenvalue weighted by Gasteiger charge is 2.12. The summed E-state index contributed by atoms with van der Waals surface area (Å²) in [5.41, 5.74) is 3.43. The first kappa shape index (κ1) is 15.1. The Labute approximate surface area is 158 Å². The topological polar surface area (TPSA) is 12.9 Å². The number of hydrogen-bond donors (Lipinski definition) is 0. The Morgan fingerprint density at radius 1 is 0.800 bits per heavy atom. The molecular weight excluding hydrogens is 390 g/mol. The molecule has 0 aliphatic carbocycles. The number of pyridine rings is 1. The molecule has 0 saturated carbocycles. The van der Waals surface area contributed by atoms with Crippen molar-refractivity contribution in [1.29, 1.82) is 0 Å². The molecule has 25 heavy (non-hydrogen) atoms. The Hall–Kier alpha value is -2.23. The van der Waals surface area contributed by atoms with E-state index in [1.807, 2.05) is 11.3 Å². The van der Waals surface area contributed by atoms with E-state index in [1.54, 1.807) is 0 Å². The molecule has 1 nitrogen and oxygen atoms in total. The third-order valence-corrected chi connectivity index (χ3v) is 6.33. The van der Waals surface area contributed by atoms with Crippen molar-refractivity contribution < 1.29 is 0 Å². The minimum atomic E-state index is 0.882. The minimum absolute atomic E-state index is 0.882. The van der Waals surface area contributed by atoms with Crippen molar-refractivity contribution in [2.24, 2.45) is 0 Å². The highest BCUT2D eigenvalue weighted by Crippen LogP contribution is 2.38. The molecular formula is C22H14BrNS. The summed E-state index contributed by atoms with van der Waals surface area (Å²) in [7, 11) is 0. The van der Waals surface area contributed by atoms with Crippen molar-refractivity contribution in [1.82, 2.24) is 4.98 Å². The van der Waals surface area contributed by atoms with E-state index in [2.05, 4.69) is 88.7 Å². The number of benzene rings is 3. The Morgan fingerprint density at radius 2 is 1.56 bits per heavy atom. The van der Waals surface area contributed by atoms with Gasteiger partial charge in [0.2, 0.25) is 0 Å². The van der Waals surface area contributed by atoms with Crippen LogP contribution in [0.3, 0.4) is 0 Å². The van der Waals surface area contributed by atoms with Crippen LogP contribution in [0.15, 0.2) is 72.8 Å². The van der Waals surface area contributed by atoms with E-state index in [0.29, 0.717) is 0 Å². The fourth-order valence-electron chi connectivity index (χ4n) is 3.37. The smallest absolute Gasteiger partial charge is 0.0888 e. The number of fused-ring (bicyclic) bond motifs is 4. The van der Waals surface area contributed by atoms with E-state index in [9.17, 15) is 0 Å². The Bertz CT molecular complexity index is 1240. The van der Waals surface area contributed by atoms with Gasteiger partial charge in [-0.3, -0.25) is 0 Å². The maximum Gasteiger partial charge on any atom is 0.0888 e. The first-order valence-electron chi connectivity index (χ1n) is 8.20. The molecule has 0 radical (unpaired) electrons. The van der Waals surface area contributed by atoms with Crippen LogP contribution in [0, 0.1) is 0 Å². The fourth-order valence-corrected chi connectivity index (χ4v) is 4.85. The molecule has 5 aromatic rings. The predicted molar refractivity (Wildman–Crippen MR) is 113 cm³/mol. The van der Waals surface area contributed by atoms with Crippen LogP contribution in [0.25, 0.3) is 42.3 Å². The van der Waals surface area contributed by atoms with Gasteiger partial charge in [-0.15, -0.1) is 11.3 Å². The Kier molecular flexibility index (Phi) is 3.58. The zero-order valence-corrected chi connectivity index (χ0v) is 15.8. The SMILES string of the molecule is BrCc1ccc2cc(-c3nc4ccccc4c4ccccc34)sc2c1. The van der Waals surface area contributed by atoms with E-state index in [4.69, 9.17) is 4.98 Å². The molecule has 2 aromatic heterocycles. The molecule has 0 amide bonds. The molecule has 3 aromatic carbocycles. The van der Waals surface area contributed by atoms with Crippen LogP contribution in [0.2, 0.25) is 0 Å². The minimum Gasteiger partial charge on any atom is -0.246 e. The lowest BCUT2D eigenvalue weighted by Gasteiger charge is -2.08. The molecule has 0 aliphatic heterocycles. The zero-order chi connectivity index (χ0) is 16.8. The molecule has 3 heteroatoms. The number of nitrogens with zero attached hydrogens (tertiary/aromatic N) is 1. The first-order chi connectivity index (χ1) is 12.3. The maximum absolute atomic E-state index is 5.01. The predicted octanol–water partition coefficient (Wildman–Crippen LogP) is 7.16. The second-order valence-electron chi connectivity index (χ2n) is 6.14. The quantitative estimate of drug-likeness (QED) is 0.225. The van der Waals surface area contributed by atoms with Gasteiger partial charge in [-0.2, -0.15) is 0 Å². The number of rotatable bonds is 2. The molecule has 0 bridgehead atoms. The Balaban J connectivity index is 1.84. The van der Waals surface area contributed by atoms with Crippen molar-refractivity contribution in [3.8, 4) is 10.6 Å². The van der Waals surface area contributed by atoms with Crippen LogP contribution >= 0.6 is 27.3 Å². The molecule has 0 N–H and O–H groups in total. The number of para-hydroxylation sites is 1. The lowest BCUT2D eigenvalue weighted by atomic mass is 10.0. The van der Waals surface area contributed by atoms with Crippen LogP contribution in [-0.4, -0.2) is 4.98 Å². The average molecular weight is 404 g/mol. The number of alkyl halides is 1. The molecule has 0 atom stereocenters. The second-order valence-corrected chi connectivity index (χ2v) is 7.78. The molecule has 120 valence electrons. The van der Waals surface area contributed by atoms with Crippen LogP contribution < -0.4 is 0 Å². The molecule has 0 aliphatic rings. The van der Waals surface area contributed by atoms with Crippen molar-refractivity contribution in [3.63, 3.8) is 0 Å². The number of hydrogen-bond acceptors (Lipinski definition) is 2. The summed E-state index contributed by atoms with van der Waals surface area (Å²) in [6, 6.07) is 25.9. The van der Waals surface area contributed by atoms with Gasteiger partial charge in [0.25, 0.3) is 0 Å². The summed E-state index contributed by atoms with van der Waals surface area (Å²) in [5, 5.41) is 5.86. The van der Waals surface area contributed by atoms with Crippen molar-refractivity contribution in [2.75, 3.05) is 0 Å². The van der Waals surface area contributed by atoms with Gasteiger partial charge in [-0.1, -0.05) is 70.5 Å². The highest BCUT2D eigenvalue weighted by molar-refractivity contribution is 9.08. The van der Waals surface area contributed by atoms with Crippen LogP contribution in [0.5, 0.6) is 0 Å². The molecule has 0 spiro atoms. The molecule has 5 rings (SSSR count). The van der Waals surface area contributed by atoms with E-state index in [1.165, 1.54) is 36.7 Å². The Morgan fingerprint density at radius 3 is 2.40 bits per heavy atom. The molecule has 0 unspecified atom stereocenters. The summed E-state index contributed by atoms with van der Waals surface area (Å²) in [5.74, 6) is 0. The van der Waals surface area contributed by atoms with Crippen LogP contribution in [0.1, 0.15) is 5.56 Å². The number of thiophene rings is 1. The largest absolute Gasteiger partial charge is 0.246 e. The summed E-state index contributed by atoms with van der Waals surface area (Å²) in [6.07, 6.45) is 0.